The van der Waals surface area contributed by atoms with Crippen molar-refractivity contribution in [3.05, 3.63) is 99.9 Å². The zero-order valence-electron chi connectivity index (χ0n) is 23.4. The summed E-state index contributed by atoms with van der Waals surface area (Å²) < 4.78 is 11.8. The Bertz CT molecular complexity index is 1440. The fourth-order valence-corrected chi connectivity index (χ4v) is 6.04. The first-order chi connectivity index (χ1) is 19.9. The van der Waals surface area contributed by atoms with Gasteiger partial charge in [0.25, 0.3) is 0 Å². The Morgan fingerprint density at radius 2 is 1.88 bits per heavy atom. The Balaban J connectivity index is 1.36. The molecule has 6 nitrogen and oxygen atoms in total. The molecule has 3 aromatic rings. The average Bonchev–Trinajstić information content (AvgIpc) is 3.62. The molecule has 41 heavy (non-hydrogen) atoms. The number of hydrogen-bond donors (Lipinski definition) is 2. The van der Waals surface area contributed by atoms with Crippen LogP contribution in [0.5, 0.6) is 5.75 Å². The molecule has 0 unspecified atom stereocenters. The van der Waals surface area contributed by atoms with E-state index in [0.29, 0.717) is 41.4 Å². The number of benzene rings is 2. The molecule has 2 aromatic carbocycles. The number of rotatable bonds is 10. The van der Waals surface area contributed by atoms with E-state index in [1.165, 1.54) is 25.7 Å². The highest BCUT2D eigenvalue weighted by Crippen LogP contribution is 2.40. The first kappa shape index (κ1) is 29.3. The van der Waals surface area contributed by atoms with Gasteiger partial charge in [0.05, 0.1) is 12.4 Å². The van der Waals surface area contributed by atoms with Crippen LogP contribution in [0.3, 0.4) is 0 Å². The van der Waals surface area contributed by atoms with Gasteiger partial charge >= 0.3 is 6.09 Å². The number of hydrogen-bond acceptors (Lipinski definition) is 4. The summed E-state index contributed by atoms with van der Waals surface area (Å²) in [6, 6.07) is 12.8. The predicted molar refractivity (Wildman–Crippen MR) is 167 cm³/mol. The van der Waals surface area contributed by atoms with E-state index in [0.717, 1.165) is 46.5 Å². The van der Waals surface area contributed by atoms with E-state index in [1.807, 2.05) is 37.3 Å². The highest BCUT2D eigenvalue weighted by Gasteiger charge is 2.36. The van der Waals surface area contributed by atoms with Gasteiger partial charge in [-0.2, -0.15) is 0 Å². The van der Waals surface area contributed by atoms with E-state index in [1.54, 1.807) is 35.2 Å². The van der Waals surface area contributed by atoms with Crippen LogP contribution in [0.4, 0.5) is 4.79 Å². The number of H-pyrrole nitrogens is 1. The molecule has 0 saturated heterocycles. The third-order valence-electron chi connectivity index (χ3n) is 7.84. The smallest absolute Gasteiger partial charge is 0.416 e. The Kier molecular flexibility index (Phi) is 9.76. The van der Waals surface area contributed by atoms with Crippen molar-refractivity contribution in [2.45, 2.75) is 57.5 Å². The van der Waals surface area contributed by atoms with Gasteiger partial charge in [0.15, 0.2) is 0 Å². The maximum atomic E-state index is 13.5. The largest absolute Gasteiger partial charge is 0.498 e. The summed E-state index contributed by atoms with van der Waals surface area (Å²) >= 11 is 12.4. The molecule has 1 aromatic heterocycles. The number of nitrogens with one attached hydrogen (secondary N) is 2. The third kappa shape index (κ3) is 7.18. The third-order valence-corrected chi connectivity index (χ3v) is 8.33. The van der Waals surface area contributed by atoms with Crippen molar-refractivity contribution in [2.24, 2.45) is 0 Å². The first-order valence-corrected chi connectivity index (χ1v) is 15.1. The van der Waals surface area contributed by atoms with Gasteiger partial charge in [0, 0.05) is 39.2 Å². The lowest BCUT2D eigenvalue weighted by molar-refractivity contribution is 0.135. The van der Waals surface area contributed by atoms with Crippen LogP contribution in [0.25, 0.3) is 10.9 Å². The molecule has 0 spiro atoms. The molecule has 1 atom stereocenters. The number of nitrogens with zero attached hydrogens (tertiary/aromatic N) is 1. The molecule has 1 fully saturated rings. The summed E-state index contributed by atoms with van der Waals surface area (Å²) in [4.78, 5) is 18.8. The predicted octanol–water partition coefficient (Wildman–Crippen LogP) is 8.53. The molecule has 2 aliphatic rings. The summed E-state index contributed by atoms with van der Waals surface area (Å²) in [6.45, 7) is 8.13. The lowest BCUT2D eigenvalue weighted by atomic mass is 9.92. The number of halogens is 2. The Morgan fingerprint density at radius 3 is 2.63 bits per heavy atom. The number of ether oxygens (including phenoxy) is 2. The Labute approximate surface area is 252 Å². The van der Waals surface area contributed by atoms with E-state index in [9.17, 15) is 4.79 Å². The van der Waals surface area contributed by atoms with Gasteiger partial charge in [0.1, 0.15) is 11.8 Å². The molecular formula is C33H37Cl2N3O3. The van der Waals surface area contributed by atoms with Crippen molar-refractivity contribution in [1.82, 2.24) is 15.2 Å². The minimum Gasteiger partial charge on any atom is -0.498 e. The van der Waals surface area contributed by atoms with Crippen LogP contribution >= 0.6 is 23.2 Å². The molecule has 2 heterocycles. The molecule has 0 radical (unpaired) electrons. The molecule has 2 N–H and O–H groups in total. The summed E-state index contributed by atoms with van der Waals surface area (Å²) in [5, 5.41) is 5.94. The normalized spacial score (nSPS) is 18.0. The zero-order chi connectivity index (χ0) is 28.8. The zero-order valence-corrected chi connectivity index (χ0v) is 24.9. The van der Waals surface area contributed by atoms with Crippen LogP contribution in [-0.4, -0.2) is 41.7 Å². The summed E-state index contributed by atoms with van der Waals surface area (Å²) in [5.41, 5.74) is 3.89. The Morgan fingerprint density at radius 1 is 1.12 bits per heavy atom. The van der Waals surface area contributed by atoms with Crippen molar-refractivity contribution in [2.75, 3.05) is 19.7 Å². The number of fused-ring (bicyclic) bond motifs is 3. The van der Waals surface area contributed by atoms with Crippen LogP contribution in [-0.2, 0) is 11.2 Å². The minimum atomic E-state index is -0.445. The topological polar surface area (TPSA) is 66.6 Å². The molecule has 1 saturated carbocycles. The van der Waals surface area contributed by atoms with Crippen molar-refractivity contribution in [3.63, 3.8) is 0 Å². The fourth-order valence-electron chi connectivity index (χ4n) is 5.74. The molecule has 1 amide bonds. The van der Waals surface area contributed by atoms with Gasteiger partial charge in [-0.25, -0.2) is 4.79 Å². The number of carbonyl (C=O) groups excluding carboxylic acids is 1. The number of aromatic amines is 1. The lowest BCUT2D eigenvalue weighted by Gasteiger charge is -2.35. The van der Waals surface area contributed by atoms with Gasteiger partial charge in [-0.1, -0.05) is 54.8 Å². The van der Waals surface area contributed by atoms with Gasteiger partial charge in [-0.3, -0.25) is 4.90 Å². The van der Waals surface area contributed by atoms with E-state index in [-0.39, 0.29) is 0 Å². The van der Waals surface area contributed by atoms with Gasteiger partial charge in [-0.15, -0.1) is 0 Å². The second kappa shape index (κ2) is 13.6. The van der Waals surface area contributed by atoms with E-state index >= 15 is 0 Å². The number of aromatic nitrogens is 1. The molecule has 1 aliphatic heterocycles. The standard InChI is InChI=1S/C33H37Cl2N3O3/c1-3-23(10-9-22(2)40-20-6-18-36-26-7-4-5-8-26)32-31-28(29-21-25(35)13-16-30(29)37-31)17-19-38(32)33(39)41-27-14-11-24(34)12-15-27/h3,9-16,21,26,32,36-37H,1,4-8,17-20H2,2H3/b22-9+,23-10+/t32-/m0/s1. The molecule has 5 rings (SSSR count). The van der Waals surface area contributed by atoms with Gasteiger partial charge in [0.2, 0.25) is 0 Å². The lowest BCUT2D eigenvalue weighted by Crippen LogP contribution is -2.42. The molecule has 8 heteroatoms. The molecule has 0 bridgehead atoms. The monoisotopic (exact) mass is 593 g/mol. The molecule has 216 valence electrons. The van der Waals surface area contributed by atoms with Gasteiger partial charge < -0.3 is 19.8 Å². The van der Waals surface area contributed by atoms with E-state index in [2.05, 4.69) is 16.9 Å². The van der Waals surface area contributed by atoms with Crippen LogP contribution in [0, 0.1) is 0 Å². The quantitative estimate of drug-likeness (QED) is 0.140. The highest BCUT2D eigenvalue weighted by molar-refractivity contribution is 6.31. The molecular weight excluding hydrogens is 557 g/mol. The van der Waals surface area contributed by atoms with Crippen molar-refractivity contribution in [1.29, 1.82) is 0 Å². The maximum Gasteiger partial charge on any atom is 0.416 e. The second-order valence-electron chi connectivity index (χ2n) is 10.7. The number of carbonyl (C=O) groups is 1. The second-order valence-corrected chi connectivity index (χ2v) is 11.5. The SMILES string of the molecule is C=C/C(=C\C=C(/C)OCCCNC1CCCC1)[C@H]1c2[nH]c3ccc(Cl)cc3c2CCN1C(=O)Oc1ccc(Cl)cc1. The summed E-state index contributed by atoms with van der Waals surface area (Å²) in [5.74, 6) is 1.24. The van der Waals surface area contributed by atoms with Crippen molar-refractivity contribution < 1.29 is 14.3 Å². The van der Waals surface area contributed by atoms with Crippen LogP contribution < -0.4 is 10.1 Å². The number of amides is 1. The molecule has 1 aliphatic carbocycles. The summed E-state index contributed by atoms with van der Waals surface area (Å²) in [7, 11) is 0. The van der Waals surface area contributed by atoms with Crippen LogP contribution in [0.1, 0.15) is 56.3 Å². The van der Waals surface area contributed by atoms with Gasteiger partial charge in [-0.05, 0) is 98.8 Å². The highest BCUT2D eigenvalue weighted by atomic mass is 35.5. The summed E-state index contributed by atoms with van der Waals surface area (Å²) in [6.07, 6.45) is 12.1. The van der Waals surface area contributed by atoms with Crippen molar-refractivity contribution in [3.8, 4) is 5.75 Å². The fraction of sp³-hybridized carbons (Fsp3) is 0.364. The Hall–Kier alpha value is -3.19. The van der Waals surface area contributed by atoms with Crippen LogP contribution in [0.15, 0.2) is 78.6 Å². The van der Waals surface area contributed by atoms with E-state index in [4.69, 9.17) is 32.7 Å². The minimum absolute atomic E-state index is 0.429. The maximum absolute atomic E-state index is 13.5. The average molecular weight is 595 g/mol. The van der Waals surface area contributed by atoms with E-state index < -0.39 is 12.1 Å². The van der Waals surface area contributed by atoms with Crippen LogP contribution in [0.2, 0.25) is 10.0 Å². The number of allylic oxidation sites excluding steroid dienone is 3. The van der Waals surface area contributed by atoms with Crippen molar-refractivity contribution >= 4 is 40.2 Å². The first-order valence-electron chi connectivity index (χ1n) is 14.3.